The zero-order valence-corrected chi connectivity index (χ0v) is 17.6. The first-order valence-electron chi connectivity index (χ1n) is 8.84. The van der Waals surface area contributed by atoms with Crippen molar-refractivity contribution in [1.29, 1.82) is 0 Å². The number of halogens is 5. The number of benzene rings is 2. The van der Waals surface area contributed by atoms with Crippen LogP contribution in [0, 0.1) is 0 Å². The highest BCUT2D eigenvalue weighted by molar-refractivity contribution is 6.37. The molecule has 2 aromatic rings. The lowest BCUT2D eigenvalue weighted by Crippen LogP contribution is -2.36. The molecule has 0 heterocycles. The Labute approximate surface area is 185 Å². The van der Waals surface area contributed by atoms with Gasteiger partial charge in [-0.2, -0.15) is 13.2 Å². The Kier molecular flexibility index (Phi) is 8.82. The van der Waals surface area contributed by atoms with E-state index in [1.165, 1.54) is 0 Å². The van der Waals surface area contributed by atoms with Crippen LogP contribution in [0.3, 0.4) is 0 Å². The molecule has 0 fully saturated rings. The van der Waals surface area contributed by atoms with Crippen molar-refractivity contribution in [3.63, 3.8) is 0 Å². The van der Waals surface area contributed by atoms with Crippen LogP contribution in [0.4, 0.5) is 13.2 Å². The van der Waals surface area contributed by atoms with Crippen molar-refractivity contribution in [2.75, 3.05) is 19.8 Å². The number of alkyl halides is 3. The third kappa shape index (κ3) is 7.52. The third-order valence-corrected chi connectivity index (χ3v) is 4.19. The minimum absolute atomic E-state index is 0.106. The summed E-state index contributed by atoms with van der Waals surface area (Å²) in [5.74, 6) is -1.70. The lowest BCUT2D eigenvalue weighted by Gasteiger charge is -2.19. The van der Waals surface area contributed by atoms with Crippen LogP contribution in [0.1, 0.15) is 12.5 Å². The second-order valence-electron chi connectivity index (χ2n) is 5.91. The lowest BCUT2D eigenvalue weighted by atomic mass is 10.2. The van der Waals surface area contributed by atoms with Crippen LogP contribution in [0.15, 0.2) is 42.5 Å². The molecule has 6 nitrogen and oxygen atoms in total. The number of hydrogen-bond donors (Lipinski definition) is 0. The molecular weight excluding hydrogens is 464 g/mol. The topological polar surface area (TPSA) is 71.1 Å². The lowest BCUT2D eigenvalue weighted by molar-refractivity contribution is -0.163. The second-order valence-corrected chi connectivity index (χ2v) is 6.72. The standard InChI is InChI=1S/C20H17Cl2F3O6/c1-2-28-17(26)11-30-19(27)16(31-13-6-4-3-5-7-13)10-29-18-14(21)8-12(9-15(18)22)20(23,24)25/h3-9,16H,2,10-11H2,1H3. The summed E-state index contributed by atoms with van der Waals surface area (Å²) in [6.07, 6.45) is -6.03. The maximum absolute atomic E-state index is 12.9. The molecule has 1 unspecified atom stereocenters. The Hall–Kier alpha value is -2.65. The van der Waals surface area contributed by atoms with Crippen LogP contribution in [0.25, 0.3) is 0 Å². The Balaban J connectivity index is 2.15. The summed E-state index contributed by atoms with van der Waals surface area (Å²) < 4.78 is 59.1. The molecule has 0 aliphatic carbocycles. The summed E-state index contributed by atoms with van der Waals surface area (Å²) >= 11 is 11.7. The summed E-state index contributed by atoms with van der Waals surface area (Å²) in [4.78, 5) is 23.8. The van der Waals surface area contributed by atoms with Gasteiger partial charge in [0.15, 0.2) is 12.4 Å². The minimum atomic E-state index is -4.65. The molecule has 0 spiro atoms. The first-order valence-corrected chi connectivity index (χ1v) is 9.60. The van der Waals surface area contributed by atoms with Gasteiger partial charge in [0, 0.05) is 0 Å². The Bertz CT molecular complexity index is 883. The molecule has 0 aliphatic heterocycles. The first kappa shape index (κ1) is 24.6. The largest absolute Gasteiger partial charge is 0.486 e. The number of para-hydroxylation sites is 1. The fourth-order valence-corrected chi connectivity index (χ4v) is 2.86. The van der Waals surface area contributed by atoms with Gasteiger partial charge in [0.25, 0.3) is 0 Å². The molecule has 0 saturated heterocycles. The highest BCUT2D eigenvalue weighted by atomic mass is 35.5. The van der Waals surface area contributed by atoms with Crippen LogP contribution in [-0.2, 0) is 25.2 Å². The van der Waals surface area contributed by atoms with Crippen molar-refractivity contribution in [2.24, 2.45) is 0 Å². The predicted molar refractivity (Wildman–Crippen MR) is 105 cm³/mol. The average Bonchev–Trinajstić information content (AvgIpc) is 2.70. The van der Waals surface area contributed by atoms with E-state index >= 15 is 0 Å². The van der Waals surface area contributed by atoms with Crippen LogP contribution < -0.4 is 9.47 Å². The molecule has 0 amide bonds. The van der Waals surface area contributed by atoms with E-state index < -0.39 is 53.0 Å². The van der Waals surface area contributed by atoms with E-state index in [0.29, 0.717) is 12.1 Å². The molecule has 0 aromatic heterocycles. The van der Waals surface area contributed by atoms with Gasteiger partial charge >= 0.3 is 18.1 Å². The summed E-state index contributed by atoms with van der Waals surface area (Å²) in [5.41, 5.74) is -1.05. The summed E-state index contributed by atoms with van der Waals surface area (Å²) in [7, 11) is 0. The van der Waals surface area contributed by atoms with Crippen LogP contribution in [-0.4, -0.2) is 37.9 Å². The van der Waals surface area contributed by atoms with E-state index in [9.17, 15) is 22.8 Å². The second kappa shape index (κ2) is 11.1. The molecule has 0 aliphatic rings. The van der Waals surface area contributed by atoms with Crippen LogP contribution in [0.5, 0.6) is 11.5 Å². The molecule has 0 saturated carbocycles. The van der Waals surface area contributed by atoms with Crippen molar-refractivity contribution in [3.8, 4) is 11.5 Å². The van der Waals surface area contributed by atoms with Crippen LogP contribution >= 0.6 is 23.2 Å². The molecule has 2 rings (SSSR count). The quantitative estimate of drug-likeness (QED) is 0.473. The van der Waals surface area contributed by atoms with E-state index in [-0.39, 0.29) is 18.1 Å². The molecule has 168 valence electrons. The predicted octanol–water partition coefficient (Wildman–Crippen LogP) is 4.94. The van der Waals surface area contributed by atoms with Crippen molar-refractivity contribution in [3.05, 3.63) is 58.1 Å². The molecule has 0 bridgehead atoms. The zero-order chi connectivity index (χ0) is 23.0. The SMILES string of the molecule is CCOC(=O)COC(=O)C(COc1c(Cl)cc(C(F)(F)F)cc1Cl)Oc1ccccc1. The van der Waals surface area contributed by atoms with E-state index in [0.717, 1.165) is 0 Å². The highest BCUT2D eigenvalue weighted by Gasteiger charge is 2.33. The number of ether oxygens (including phenoxy) is 4. The van der Waals surface area contributed by atoms with Gasteiger partial charge in [-0.1, -0.05) is 41.4 Å². The van der Waals surface area contributed by atoms with E-state index in [4.69, 9.17) is 37.4 Å². The van der Waals surface area contributed by atoms with Gasteiger partial charge in [-0.05, 0) is 31.2 Å². The van der Waals surface area contributed by atoms with Gasteiger partial charge in [0.1, 0.15) is 12.4 Å². The van der Waals surface area contributed by atoms with Gasteiger partial charge in [-0.3, -0.25) is 0 Å². The average molecular weight is 481 g/mol. The molecular formula is C20H17Cl2F3O6. The fraction of sp³-hybridized carbons (Fsp3) is 0.300. The van der Waals surface area contributed by atoms with Crippen LogP contribution in [0.2, 0.25) is 10.0 Å². The maximum Gasteiger partial charge on any atom is 0.416 e. The van der Waals surface area contributed by atoms with E-state index in [2.05, 4.69) is 4.74 Å². The minimum Gasteiger partial charge on any atom is -0.486 e. The smallest absolute Gasteiger partial charge is 0.416 e. The molecule has 1 atom stereocenters. The number of rotatable bonds is 9. The van der Waals surface area contributed by atoms with Gasteiger partial charge in [-0.25, -0.2) is 9.59 Å². The molecule has 11 heteroatoms. The van der Waals surface area contributed by atoms with Gasteiger partial charge in [0.2, 0.25) is 6.10 Å². The summed E-state index contributed by atoms with van der Waals surface area (Å²) in [6.45, 7) is 0.533. The third-order valence-electron chi connectivity index (χ3n) is 3.63. The molecule has 31 heavy (non-hydrogen) atoms. The number of carbonyl (C=O) groups excluding carboxylic acids is 2. The fourth-order valence-electron chi connectivity index (χ4n) is 2.26. The van der Waals surface area contributed by atoms with Gasteiger partial charge < -0.3 is 18.9 Å². The summed E-state index contributed by atoms with van der Waals surface area (Å²) in [5, 5.41) is -0.809. The number of carbonyl (C=O) groups is 2. The van der Waals surface area contributed by atoms with Crippen molar-refractivity contribution in [2.45, 2.75) is 19.2 Å². The van der Waals surface area contributed by atoms with Gasteiger partial charge in [0.05, 0.1) is 22.2 Å². The number of hydrogen-bond acceptors (Lipinski definition) is 6. The van der Waals surface area contributed by atoms with Crippen molar-refractivity contribution >= 4 is 35.1 Å². The zero-order valence-electron chi connectivity index (χ0n) is 16.1. The normalized spacial score (nSPS) is 12.1. The van der Waals surface area contributed by atoms with E-state index in [1.54, 1.807) is 37.3 Å². The van der Waals surface area contributed by atoms with Gasteiger partial charge in [-0.15, -0.1) is 0 Å². The Morgan fingerprint density at radius 1 is 1.03 bits per heavy atom. The highest BCUT2D eigenvalue weighted by Crippen LogP contribution is 2.40. The monoisotopic (exact) mass is 480 g/mol. The molecule has 0 N–H and O–H groups in total. The van der Waals surface area contributed by atoms with Crippen molar-refractivity contribution < 1.29 is 41.7 Å². The first-order chi connectivity index (χ1) is 14.6. The molecule has 0 radical (unpaired) electrons. The Morgan fingerprint density at radius 2 is 1.65 bits per heavy atom. The van der Waals surface area contributed by atoms with E-state index in [1.807, 2.05) is 0 Å². The Morgan fingerprint density at radius 3 is 2.19 bits per heavy atom. The molecule has 2 aromatic carbocycles. The summed E-state index contributed by atoms with van der Waals surface area (Å²) in [6, 6.07) is 9.44. The maximum atomic E-state index is 12.9. The number of esters is 2. The van der Waals surface area contributed by atoms with Crippen molar-refractivity contribution in [1.82, 2.24) is 0 Å².